The van der Waals surface area contributed by atoms with E-state index in [9.17, 15) is 9.90 Å². The molecule has 0 amide bonds. The minimum Gasteiger partial charge on any atom is -0.462 e. The highest BCUT2D eigenvalue weighted by Gasteiger charge is 2.58. The van der Waals surface area contributed by atoms with Crippen LogP contribution in [0.15, 0.2) is 0 Å². The standard InChI is InChI=1S/C15H24O5/c1-3-12(16)19-13-10-4-9-5-11(13)8-15(6-9,7-10)20-14(17)18-2/h9-11,13-14,17H,3-8H2,1-2H3. The van der Waals surface area contributed by atoms with Gasteiger partial charge in [-0.15, -0.1) is 0 Å². The maximum absolute atomic E-state index is 11.6. The smallest absolute Gasteiger partial charge is 0.305 e. The lowest BCUT2D eigenvalue weighted by molar-refractivity contribution is -0.331. The van der Waals surface area contributed by atoms with Crippen molar-refractivity contribution in [3.8, 4) is 0 Å². The molecular weight excluding hydrogens is 260 g/mol. The molecule has 114 valence electrons. The number of esters is 1. The van der Waals surface area contributed by atoms with Gasteiger partial charge in [-0.2, -0.15) is 0 Å². The van der Waals surface area contributed by atoms with Gasteiger partial charge in [0, 0.05) is 13.5 Å². The van der Waals surface area contributed by atoms with Crippen molar-refractivity contribution in [3.05, 3.63) is 0 Å². The summed E-state index contributed by atoms with van der Waals surface area (Å²) >= 11 is 0. The number of hydrogen-bond acceptors (Lipinski definition) is 5. The summed E-state index contributed by atoms with van der Waals surface area (Å²) in [6, 6.07) is 0. The van der Waals surface area contributed by atoms with Crippen molar-refractivity contribution in [2.24, 2.45) is 17.8 Å². The molecule has 0 spiro atoms. The monoisotopic (exact) mass is 284 g/mol. The molecule has 20 heavy (non-hydrogen) atoms. The first-order valence-corrected chi connectivity index (χ1v) is 7.63. The molecule has 3 unspecified atom stereocenters. The predicted molar refractivity (Wildman–Crippen MR) is 70.6 cm³/mol. The third-order valence-electron chi connectivity index (χ3n) is 5.24. The molecule has 0 aliphatic heterocycles. The van der Waals surface area contributed by atoms with Gasteiger partial charge in [0.1, 0.15) is 6.10 Å². The number of aliphatic hydroxyl groups excluding tert-OH is 1. The van der Waals surface area contributed by atoms with Crippen LogP contribution in [0.1, 0.15) is 45.4 Å². The first-order valence-electron chi connectivity index (χ1n) is 7.63. The molecule has 0 aromatic rings. The Morgan fingerprint density at radius 3 is 2.50 bits per heavy atom. The summed E-state index contributed by atoms with van der Waals surface area (Å²) < 4.78 is 16.3. The average molecular weight is 284 g/mol. The summed E-state index contributed by atoms with van der Waals surface area (Å²) in [5.74, 6) is 1.28. The van der Waals surface area contributed by atoms with Crippen LogP contribution < -0.4 is 0 Å². The summed E-state index contributed by atoms with van der Waals surface area (Å²) in [6.07, 6.45) is 5.44. The van der Waals surface area contributed by atoms with Gasteiger partial charge < -0.3 is 19.3 Å². The van der Waals surface area contributed by atoms with Crippen LogP contribution in [0.2, 0.25) is 0 Å². The van der Waals surface area contributed by atoms with E-state index in [1.807, 2.05) is 6.92 Å². The van der Waals surface area contributed by atoms with Crippen LogP contribution in [0.5, 0.6) is 0 Å². The molecule has 0 heterocycles. The van der Waals surface area contributed by atoms with Crippen molar-refractivity contribution >= 4 is 5.97 Å². The van der Waals surface area contributed by atoms with Crippen LogP contribution in [0.25, 0.3) is 0 Å². The van der Waals surface area contributed by atoms with Gasteiger partial charge in [0.2, 0.25) is 0 Å². The topological polar surface area (TPSA) is 65.0 Å². The highest BCUT2D eigenvalue weighted by atomic mass is 16.8. The van der Waals surface area contributed by atoms with Gasteiger partial charge in [-0.3, -0.25) is 4.79 Å². The molecule has 5 nitrogen and oxygen atoms in total. The van der Waals surface area contributed by atoms with Crippen LogP contribution in [0.4, 0.5) is 0 Å². The summed E-state index contributed by atoms with van der Waals surface area (Å²) in [5.41, 5.74) is -0.277. The first kappa shape index (κ1) is 14.3. The molecule has 4 saturated carbocycles. The van der Waals surface area contributed by atoms with Crippen LogP contribution in [-0.4, -0.2) is 36.4 Å². The van der Waals surface area contributed by atoms with Gasteiger partial charge in [-0.05, 0) is 49.9 Å². The Morgan fingerprint density at radius 1 is 1.30 bits per heavy atom. The normalized spacial score (nSPS) is 43.5. The summed E-state index contributed by atoms with van der Waals surface area (Å²) in [7, 11) is 1.44. The number of rotatable bonds is 5. The SMILES string of the molecule is CCC(=O)OC1C2CC3CC1CC(OC(O)OC)(C3)C2. The molecule has 4 aliphatic rings. The van der Waals surface area contributed by atoms with Gasteiger partial charge >= 0.3 is 5.97 Å². The minimum atomic E-state index is -1.15. The van der Waals surface area contributed by atoms with Crippen LogP contribution >= 0.6 is 0 Å². The maximum atomic E-state index is 11.6. The molecule has 4 bridgehead atoms. The number of ether oxygens (including phenoxy) is 3. The fourth-order valence-electron chi connectivity index (χ4n) is 4.74. The van der Waals surface area contributed by atoms with E-state index in [-0.39, 0.29) is 17.7 Å². The highest BCUT2D eigenvalue weighted by Crippen LogP contribution is 2.58. The number of hydrogen-bond donors (Lipinski definition) is 1. The van der Waals surface area contributed by atoms with Crippen molar-refractivity contribution in [1.82, 2.24) is 0 Å². The number of aliphatic hydroxyl groups is 1. The molecule has 3 atom stereocenters. The van der Waals surface area contributed by atoms with Crippen LogP contribution in [0, 0.1) is 17.8 Å². The van der Waals surface area contributed by atoms with Gasteiger partial charge in [0.25, 0.3) is 6.48 Å². The molecule has 5 heteroatoms. The van der Waals surface area contributed by atoms with Crippen molar-refractivity contribution in [1.29, 1.82) is 0 Å². The van der Waals surface area contributed by atoms with Crippen molar-refractivity contribution in [2.45, 2.75) is 63.6 Å². The second kappa shape index (κ2) is 5.28. The van der Waals surface area contributed by atoms with Gasteiger partial charge in [0.05, 0.1) is 5.60 Å². The number of methoxy groups -OCH3 is 1. The molecule has 1 N–H and O–H groups in total. The average Bonchev–Trinajstić information content (AvgIpc) is 2.41. The van der Waals surface area contributed by atoms with E-state index in [1.54, 1.807) is 0 Å². The third-order valence-corrected chi connectivity index (χ3v) is 5.24. The summed E-state index contributed by atoms with van der Waals surface area (Å²) in [5, 5.41) is 9.64. The Kier molecular flexibility index (Phi) is 3.77. The Hall–Kier alpha value is -0.650. The Bertz CT molecular complexity index is 366. The highest BCUT2D eigenvalue weighted by molar-refractivity contribution is 5.69. The van der Waals surface area contributed by atoms with E-state index >= 15 is 0 Å². The Morgan fingerprint density at radius 2 is 1.95 bits per heavy atom. The lowest BCUT2D eigenvalue weighted by Crippen LogP contribution is -2.59. The van der Waals surface area contributed by atoms with Crippen LogP contribution in [-0.2, 0) is 19.0 Å². The van der Waals surface area contributed by atoms with E-state index < -0.39 is 6.48 Å². The van der Waals surface area contributed by atoms with Crippen molar-refractivity contribution in [3.63, 3.8) is 0 Å². The first-order chi connectivity index (χ1) is 9.55. The maximum Gasteiger partial charge on any atom is 0.305 e. The van der Waals surface area contributed by atoms with E-state index in [4.69, 9.17) is 14.2 Å². The Labute approximate surface area is 119 Å². The molecule has 0 saturated heterocycles. The zero-order valence-electron chi connectivity index (χ0n) is 12.2. The number of carbonyl (C=O) groups excluding carboxylic acids is 1. The molecule has 0 aromatic carbocycles. The van der Waals surface area contributed by atoms with E-state index in [1.165, 1.54) is 7.11 Å². The third kappa shape index (κ3) is 2.47. The van der Waals surface area contributed by atoms with E-state index in [2.05, 4.69) is 0 Å². The largest absolute Gasteiger partial charge is 0.462 e. The Balaban J connectivity index is 1.72. The fraction of sp³-hybridized carbons (Fsp3) is 0.933. The predicted octanol–water partition coefficient (Wildman–Crippen LogP) is 1.83. The van der Waals surface area contributed by atoms with E-state index in [0.717, 1.165) is 32.1 Å². The lowest BCUT2D eigenvalue weighted by atomic mass is 9.53. The van der Waals surface area contributed by atoms with Crippen LogP contribution in [0.3, 0.4) is 0 Å². The van der Waals surface area contributed by atoms with Crippen molar-refractivity contribution in [2.75, 3.05) is 7.11 Å². The summed E-state index contributed by atoms with van der Waals surface area (Å²) in [6.45, 7) is 0.681. The molecule has 0 aromatic heterocycles. The van der Waals surface area contributed by atoms with Crippen molar-refractivity contribution < 1.29 is 24.1 Å². The molecule has 0 radical (unpaired) electrons. The lowest BCUT2D eigenvalue weighted by Gasteiger charge is -2.58. The number of carbonyl (C=O) groups is 1. The molecule has 4 fully saturated rings. The van der Waals surface area contributed by atoms with Gasteiger partial charge in [-0.1, -0.05) is 6.92 Å². The quantitative estimate of drug-likeness (QED) is 0.616. The second-order valence-electron chi connectivity index (χ2n) is 6.62. The minimum absolute atomic E-state index is 0.0513. The fourth-order valence-corrected chi connectivity index (χ4v) is 4.74. The second-order valence-corrected chi connectivity index (χ2v) is 6.62. The zero-order chi connectivity index (χ0) is 14.3. The van der Waals surface area contributed by atoms with Gasteiger partial charge in [0.15, 0.2) is 0 Å². The van der Waals surface area contributed by atoms with E-state index in [0.29, 0.717) is 24.2 Å². The molecule has 4 rings (SSSR count). The molecular formula is C15H24O5. The molecule has 4 aliphatic carbocycles. The van der Waals surface area contributed by atoms with Gasteiger partial charge in [-0.25, -0.2) is 0 Å². The summed E-state index contributed by atoms with van der Waals surface area (Å²) in [4.78, 5) is 11.6. The zero-order valence-corrected chi connectivity index (χ0v) is 12.2.